The van der Waals surface area contributed by atoms with Gasteiger partial charge >= 0.3 is 0 Å². The minimum absolute atomic E-state index is 0.0291. The maximum atomic E-state index is 9.46. The molecule has 2 aliphatic rings. The highest BCUT2D eigenvalue weighted by atomic mass is 16.3. The zero-order valence-corrected chi connectivity index (χ0v) is 10.4. The van der Waals surface area contributed by atoms with Gasteiger partial charge in [-0.15, -0.1) is 0 Å². The first kappa shape index (κ1) is 12.3. The van der Waals surface area contributed by atoms with Crippen LogP contribution in [0.5, 0.6) is 0 Å². The molecule has 3 nitrogen and oxygen atoms in total. The third-order valence-electron chi connectivity index (χ3n) is 4.07. The van der Waals surface area contributed by atoms with Crippen LogP contribution in [-0.4, -0.2) is 36.4 Å². The lowest BCUT2D eigenvalue weighted by Gasteiger charge is -2.20. The number of aliphatic hydroxyl groups is 1. The van der Waals surface area contributed by atoms with Gasteiger partial charge in [0.15, 0.2) is 0 Å². The fourth-order valence-electron chi connectivity index (χ4n) is 3.07. The van der Waals surface area contributed by atoms with Crippen LogP contribution in [-0.2, 0) is 0 Å². The topological polar surface area (TPSA) is 44.3 Å². The third kappa shape index (κ3) is 3.72. The number of aliphatic hydroxyl groups excluding tert-OH is 1. The molecule has 94 valence electrons. The molecule has 0 aromatic carbocycles. The molecule has 2 rings (SSSR count). The second-order valence-corrected chi connectivity index (χ2v) is 5.67. The summed E-state index contributed by atoms with van der Waals surface area (Å²) in [4.78, 5) is 0. The van der Waals surface area contributed by atoms with Gasteiger partial charge in [0.2, 0.25) is 0 Å². The van der Waals surface area contributed by atoms with E-state index in [9.17, 15) is 5.11 Å². The molecule has 0 spiro atoms. The van der Waals surface area contributed by atoms with Crippen molar-refractivity contribution in [1.29, 1.82) is 0 Å². The largest absolute Gasteiger partial charge is 0.393 e. The highest BCUT2D eigenvalue weighted by Gasteiger charge is 2.23. The Kier molecular flexibility index (Phi) is 4.62. The molecular formula is C13H26N2O. The van der Waals surface area contributed by atoms with Crippen LogP contribution >= 0.6 is 0 Å². The molecule has 0 bridgehead atoms. The molecule has 4 unspecified atom stereocenters. The maximum Gasteiger partial charge on any atom is 0.0543 e. The average molecular weight is 226 g/mol. The Balaban J connectivity index is 1.58. The van der Waals surface area contributed by atoms with Crippen LogP contribution in [0.25, 0.3) is 0 Å². The van der Waals surface area contributed by atoms with E-state index >= 15 is 0 Å². The lowest BCUT2D eigenvalue weighted by Crippen LogP contribution is -2.36. The van der Waals surface area contributed by atoms with Crippen molar-refractivity contribution in [3.05, 3.63) is 0 Å². The Morgan fingerprint density at radius 3 is 2.88 bits per heavy atom. The summed E-state index contributed by atoms with van der Waals surface area (Å²) in [5, 5.41) is 16.6. The summed E-state index contributed by atoms with van der Waals surface area (Å²) >= 11 is 0. The van der Waals surface area contributed by atoms with E-state index in [0.29, 0.717) is 12.0 Å². The first-order valence-electron chi connectivity index (χ1n) is 6.89. The number of hydrogen-bond donors (Lipinski definition) is 3. The number of nitrogens with one attached hydrogen (secondary N) is 2. The van der Waals surface area contributed by atoms with E-state index < -0.39 is 0 Å². The van der Waals surface area contributed by atoms with E-state index in [4.69, 9.17) is 0 Å². The van der Waals surface area contributed by atoms with Crippen molar-refractivity contribution in [1.82, 2.24) is 10.6 Å². The van der Waals surface area contributed by atoms with Gasteiger partial charge in [0.25, 0.3) is 0 Å². The Morgan fingerprint density at radius 1 is 1.38 bits per heavy atom. The molecule has 4 atom stereocenters. The first-order chi connectivity index (χ1) is 7.74. The third-order valence-corrected chi connectivity index (χ3v) is 4.07. The number of hydrogen-bond acceptors (Lipinski definition) is 3. The summed E-state index contributed by atoms with van der Waals surface area (Å²) in [5.74, 6) is 0.703. The molecule has 16 heavy (non-hydrogen) atoms. The highest BCUT2D eigenvalue weighted by molar-refractivity contribution is 4.81. The molecule has 1 aliphatic carbocycles. The molecule has 1 heterocycles. The molecule has 1 aliphatic heterocycles. The molecule has 3 heteroatoms. The van der Waals surface area contributed by atoms with Crippen molar-refractivity contribution < 1.29 is 5.11 Å². The molecule has 1 saturated heterocycles. The van der Waals surface area contributed by atoms with Gasteiger partial charge in [-0.05, 0) is 64.5 Å². The monoisotopic (exact) mass is 226 g/mol. The molecule has 2 fully saturated rings. The number of rotatable bonds is 5. The van der Waals surface area contributed by atoms with E-state index in [1.165, 1.54) is 32.2 Å². The smallest absolute Gasteiger partial charge is 0.0543 e. The van der Waals surface area contributed by atoms with E-state index in [1.807, 2.05) is 0 Å². The van der Waals surface area contributed by atoms with Gasteiger partial charge in [-0.3, -0.25) is 0 Å². The average Bonchev–Trinajstić information content (AvgIpc) is 2.87. The van der Waals surface area contributed by atoms with Crippen LogP contribution in [0.2, 0.25) is 0 Å². The van der Waals surface area contributed by atoms with Crippen LogP contribution < -0.4 is 10.6 Å². The Labute approximate surface area is 99.0 Å². The summed E-state index contributed by atoms with van der Waals surface area (Å²) in [6.45, 7) is 4.57. The second-order valence-electron chi connectivity index (χ2n) is 5.67. The molecule has 1 saturated carbocycles. The predicted molar refractivity (Wildman–Crippen MR) is 66.5 cm³/mol. The standard InChI is InChI=1S/C13H26N2O/c1-10(7-12-3-2-6-14-12)15-9-11-4-5-13(16)8-11/h10-16H,2-9H2,1H3. The van der Waals surface area contributed by atoms with Crippen LogP contribution in [0.1, 0.15) is 45.4 Å². The van der Waals surface area contributed by atoms with Crippen molar-refractivity contribution in [3.8, 4) is 0 Å². The predicted octanol–water partition coefficient (Wildman–Crippen LogP) is 1.27. The van der Waals surface area contributed by atoms with E-state index in [1.54, 1.807) is 0 Å². The molecular weight excluding hydrogens is 200 g/mol. The molecule has 0 aromatic heterocycles. The van der Waals surface area contributed by atoms with Crippen LogP contribution in [0, 0.1) is 5.92 Å². The SMILES string of the molecule is CC(CC1CCCN1)NCC1CCC(O)C1. The van der Waals surface area contributed by atoms with E-state index in [0.717, 1.165) is 25.4 Å². The van der Waals surface area contributed by atoms with Gasteiger partial charge in [0.1, 0.15) is 0 Å². The van der Waals surface area contributed by atoms with E-state index in [2.05, 4.69) is 17.6 Å². The van der Waals surface area contributed by atoms with Gasteiger partial charge in [0, 0.05) is 12.1 Å². The zero-order valence-electron chi connectivity index (χ0n) is 10.4. The van der Waals surface area contributed by atoms with Gasteiger partial charge < -0.3 is 15.7 Å². The molecule has 0 amide bonds. The fraction of sp³-hybridized carbons (Fsp3) is 1.00. The van der Waals surface area contributed by atoms with Crippen molar-refractivity contribution in [2.24, 2.45) is 5.92 Å². The minimum atomic E-state index is -0.0291. The summed E-state index contributed by atoms with van der Waals surface area (Å²) in [6.07, 6.45) is 7.10. The Morgan fingerprint density at radius 2 is 2.25 bits per heavy atom. The summed E-state index contributed by atoms with van der Waals surface area (Å²) < 4.78 is 0. The quantitative estimate of drug-likeness (QED) is 0.661. The van der Waals surface area contributed by atoms with E-state index in [-0.39, 0.29) is 6.10 Å². The van der Waals surface area contributed by atoms with Gasteiger partial charge in [-0.1, -0.05) is 0 Å². The van der Waals surface area contributed by atoms with Crippen LogP contribution in [0.3, 0.4) is 0 Å². The van der Waals surface area contributed by atoms with Gasteiger partial charge in [0.05, 0.1) is 6.10 Å². The normalized spacial score (nSPS) is 36.8. The fourth-order valence-corrected chi connectivity index (χ4v) is 3.07. The summed E-state index contributed by atoms with van der Waals surface area (Å²) in [6, 6.07) is 1.34. The van der Waals surface area contributed by atoms with Crippen molar-refractivity contribution in [2.45, 2.75) is 63.6 Å². The maximum absolute atomic E-state index is 9.46. The van der Waals surface area contributed by atoms with Crippen molar-refractivity contribution >= 4 is 0 Å². The summed E-state index contributed by atoms with van der Waals surface area (Å²) in [5.41, 5.74) is 0. The Bertz CT molecular complexity index is 204. The Hall–Kier alpha value is -0.120. The van der Waals surface area contributed by atoms with Crippen molar-refractivity contribution in [2.75, 3.05) is 13.1 Å². The first-order valence-corrected chi connectivity index (χ1v) is 6.89. The summed E-state index contributed by atoms with van der Waals surface area (Å²) in [7, 11) is 0. The molecule has 0 radical (unpaired) electrons. The highest BCUT2D eigenvalue weighted by Crippen LogP contribution is 2.24. The van der Waals surface area contributed by atoms with Crippen molar-refractivity contribution in [3.63, 3.8) is 0 Å². The lowest BCUT2D eigenvalue weighted by molar-refractivity contribution is 0.177. The lowest BCUT2D eigenvalue weighted by atomic mass is 10.0. The van der Waals surface area contributed by atoms with Gasteiger partial charge in [-0.25, -0.2) is 0 Å². The molecule has 0 aromatic rings. The molecule has 3 N–H and O–H groups in total. The minimum Gasteiger partial charge on any atom is -0.393 e. The van der Waals surface area contributed by atoms with Crippen LogP contribution in [0.4, 0.5) is 0 Å². The zero-order chi connectivity index (χ0) is 11.4. The second kappa shape index (κ2) is 5.99. The van der Waals surface area contributed by atoms with Gasteiger partial charge in [-0.2, -0.15) is 0 Å². The van der Waals surface area contributed by atoms with Crippen LogP contribution in [0.15, 0.2) is 0 Å².